The SMILES string of the molecule is CC1(C)OC[C@]2(OC[C@H]3O[C@@H](/C=C/c4ccccc4)O[C@H]3[C@H]2OCc2ccc(-c3ccccc3)cc2)O1. The third-order valence-electron chi connectivity index (χ3n) is 6.97. The van der Waals surface area contributed by atoms with Gasteiger partial charge in [-0.15, -0.1) is 0 Å². The van der Waals surface area contributed by atoms with Crippen molar-refractivity contribution in [2.45, 2.75) is 56.6 Å². The lowest BCUT2D eigenvalue weighted by molar-refractivity contribution is -0.335. The first-order chi connectivity index (χ1) is 18.0. The van der Waals surface area contributed by atoms with Gasteiger partial charge in [0.2, 0.25) is 5.79 Å². The molecule has 0 amide bonds. The van der Waals surface area contributed by atoms with E-state index >= 15 is 0 Å². The van der Waals surface area contributed by atoms with Crippen molar-refractivity contribution in [3.05, 3.63) is 102 Å². The fourth-order valence-electron chi connectivity index (χ4n) is 5.12. The van der Waals surface area contributed by atoms with Crippen LogP contribution in [0.25, 0.3) is 17.2 Å². The van der Waals surface area contributed by atoms with Gasteiger partial charge in [-0.05, 0) is 42.2 Å². The molecule has 0 aromatic heterocycles. The van der Waals surface area contributed by atoms with E-state index in [9.17, 15) is 0 Å². The molecule has 3 aromatic rings. The molecule has 1 spiro atoms. The quantitative estimate of drug-likeness (QED) is 0.441. The second-order valence-corrected chi connectivity index (χ2v) is 10.1. The molecule has 0 saturated carbocycles. The summed E-state index contributed by atoms with van der Waals surface area (Å²) < 4.78 is 37.6. The van der Waals surface area contributed by atoms with Crippen LogP contribution in [0.15, 0.2) is 91.0 Å². The van der Waals surface area contributed by atoms with E-state index in [0.717, 1.165) is 16.7 Å². The smallest absolute Gasteiger partial charge is 0.224 e. The molecule has 0 bridgehead atoms. The van der Waals surface area contributed by atoms with Gasteiger partial charge >= 0.3 is 0 Å². The zero-order valence-electron chi connectivity index (χ0n) is 21.1. The van der Waals surface area contributed by atoms with E-state index < -0.39 is 24.0 Å². The molecule has 6 heteroatoms. The monoisotopic (exact) mass is 500 g/mol. The van der Waals surface area contributed by atoms with Crippen LogP contribution in [0.2, 0.25) is 0 Å². The largest absolute Gasteiger partial charge is 0.365 e. The Balaban J connectivity index is 1.19. The summed E-state index contributed by atoms with van der Waals surface area (Å²) in [6.45, 7) is 4.74. The van der Waals surface area contributed by atoms with E-state index in [1.165, 1.54) is 5.56 Å². The lowest BCUT2D eigenvalue weighted by Crippen LogP contribution is -2.62. The van der Waals surface area contributed by atoms with Crippen LogP contribution in [0.3, 0.4) is 0 Å². The Hall–Kier alpha value is -2.84. The third kappa shape index (κ3) is 5.27. The average Bonchev–Trinajstić information content (AvgIpc) is 3.48. The Kier molecular flexibility index (Phi) is 6.71. The first kappa shape index (κ1) is 24.5. The Bertz CT molecular complexity index is 1210. The van der Waals surface area contributed by atoms with Gasteiger partial charge in [-0.2, -0.15) is 0 Å². The fourth-order valence-corrected chi connectivity index (χ4v) is 5.12. The number of fused-ring (bicyclic) bond motifs is 1. The molecule has 5 atom stereocenters. The van der Waals surface area contributed by atoms with Gasteiger partial charge in [-0.3, -0.25) is 0 Å². The van der Waals surface area contributed by atoms with E-state index in [-0.39, 0.29) is 18.8 Å². The predicted octanol–water partition coefficient (Wildman–Crippen LogP) is 5.57. The number of benzene rings is 3. The minimum atomic E-state index is -1.06. The lowest BCUT2D eigenvalue weighted by Gasteiger charge is -2.43. The highest BCUT2D eigenvalue weighted by Gasteiger charge is 2.62. The van der Waals surface area contributed by atoms with Crippen LogP contribution in [0.4, 0.5) is 0 Å². The number of hydrogen-bond acceptors (Lipinski definition) is 6. The molecular formula is C31H32O6. The molecule has 3 aromatic carbocycles. The topological polar surface area (TPSA) is 55.4 Å². The molecule has 3 aliphatic rings. The summed E-state index contributed by atoms with van der Waals surface area (Å²) >= 11 is 0. The molecule has 3 aliphatic heterocycles. The summed E-state index contributed by atoms with van der Waals surface area (Å²) in [4.78, 5) is 0. The highest BCUT2D eigenvalue weighted by Crippen LogP contribution is 2.44. The second-order valence-electron chi connectivity index (χ2n) is 10.1. The van der Waals surface area contributed by atoms with E-state index in [2.05, 4.69) is 36.4 Å². The highest BCUT2D eigenvalue weighted by molar-refractivity contribution is 5.63. The molecule has 0 N–H and O–H groups in total. The summed E-state index contributed by atoms with van der Waals surface area (Å²) in [6.07, 6.45) is 2.27. The Labute approximate surface area is 217 Å². The van der Waals surface area contributed by atoms with E-state index in [1.54, 1.807) is 0 Å². The summed E-state index contributed by atoms with van der Waals surface area (Å²) in [7, 11) is 0. The molecule has 6 nitrogen and oxygen atoms in total. The maximum atomic E-state index is 6.51. The van der Waals surface area contributed by atoms with Crippen LogP contribution >= 0.6 is 0 Å². The highest BCUT2D eigenvalue weighted by atomic mass is 16.9. The van der Waals surface area contributed by atoms with Crippen molar-refractivity contribution in [3.8, 4) is 11.1 Å². The first-order valence-corrected chi connectivity index (χ1v) is 12.8. The molecular weight excluding hydrogens is 468 g/mol. The molecule has 3 fully saturated rings. The molecule has 37 heavy (non-hydrogen) atoms. The van der Waals surface area contributed by atoms with Crippen molar-refractivity contribution in [1.82, 2.24) is 0 Å². The number of rotatable bonds is 6. The summed E-state index contributed by atoms with van der Waals surface area (Å²) in [6, 6.07) is 28.8. The van der Waals surface area contributed by atoms with E-state index in [1.807, 2.05) is 74.5 Å². The van der Waals surface area contributed by atoms with Gasteiger partial charge in [-0.25, -0.2) is 0 Å². The van der Waals surface area contributed by atoms with Crippen LogP contribution < -0.4 is 0 Å². The van der Waals surface area contributed by atoms with Crippen molar-refractivity contribution in [1.29, 1.82) is 0 Å². The van der Waals surface area contributed by atoms with Crippen molar-refractivity contribution in [2.24, 2.45) is 0 Å². The normalized spacial score (nSPS) is 30.6. The maximum absolute atomic E-state index is 6.51. The zero-order valence-corrected chi connectivity index (χ0v) is 21.1. The molecule has 3 heterocycles. The predicted molar refractivity (Wildman–Crippen MR) is 139 cm³/mol. The molecule has 0 unspecified atom stereocenters. The summed E-state index contributed by atoms with van der Waals surface area (Å²) in [5, 5.41) is 0. The fraction of sp³-hybridized carbons (Fsp3) is 0.355. The van der Waals surface area contributed by atoms with Crippen LogP contribution in [-0.4, -0.2) is 49.4 Å². The Morgan fingerprint density at radius 2 is 1.54 bits per heavy atom. The standard InChI is InChI=1S/C31H32O6/c1-30(2)34-21-31(37-30)29(32-19-23-13-16-25(17-14-23)24-11-7-4-8-12-24)28-26(20-33-31)35-27(36-28)18-15-22-9-5-3-6-10-22/h3-18,26-29H,19-21H2,1-2H3/b18-15+/t26-,27-,28-,29-,31+/m1/s1. The molecule has 0 radical (unpaired) electrons. The van der Waals surface area contributed by atoms with Gasteiger partial charge in [0, 0.05) is 0 Å². The van der Waals surface area contributed by atoms with Gasteiger partial charge in [0.15, 0.2) is 12.1 Å². The van der Waals surface area contributed by atoms with Crippen molar-refractivity contribution in [3.63, 3.8) is 0 Å². The Morgan fingerprint density at radius 1 is 0.838 bits per heavy atom. The van der Waals surface area contributed by atoms with Gasteiger partial charge in [0.25, 0.3) is 0 Å². The van der Waals surface area contributed by atoms with E-state index in [4.69, 9.17) is 28.4 Å². The Morgan fingerprint density at radius 3 is 2.24 bits per heavy atom. The molecule has 3 saturated heterocycles. The zero-order chi connectivity index (χ0) is 25.3. The second kappa shape index (κ2) is 10.1. The van der Waals surface area contributed by atoms with Gasteiger partial charge in [-0.1, -0.05) is 91.0 Å². The third-order valence-corrected chi connectivity index (χ3v) is 6.97. The lowest BCUT2D eigenvalue weighted by atomic mass is 9.97. The summed E-state index contributed by atoms with van der Waals surface area (Å²) in [5.74, 6) is -1.84. The number of ether oxygens (including phenoxy) is 6. The first-order valence-electron chi connectivity index (χ1n) is 12.8. The van der Waals surface area contributed by atoms with E-state index in [0.29, 0.717) is 13.2 Å². The maximum Gasteiger partial charge on any atom is 0.224 e. The molecule has 192 valence electrons. The minimum absolute atomic E-state index is 0.259. The molecule has 0 aliphatic carbocycles. The average molecular weight is 501 g/mol. The van der Waals surface area contributed by atoms with Crippen LogP contribution in [0, 0.1) is 0 Å². The van der Waals surface area contributed by atoms with Crippen molar-refractivity contribution in [2.75, 3.05) is 13.2 Å². The van der Waals surface area contributed by atoms with Gasteiger partial charge in [0.05, 0.1) is 13.2 Å². The van der Waals surface area contributed by atoms with Crippen LogP contribution in [0.1, 0.15) is 25.0 Å². The van der Waals surface area contributed by atoms with Gasteiger partial charge in [0.1, 0.15) is 24.9 Å². The van der Waals surface area contributed by atoms with Gasteiger partial charge < -0.3 is 28.4 Å². The van der Waals surface area contributed by atoms with Crippen molar-refractivity contribution >= 4 is 6.08 Å². The molecule has 6 rings (SSSR count). The minimum Gasteiger partial charge on any atom is -0.365 e. The van der Waals surface area contributed by atoms with Crippen LogP contribution in [0.5, 0.6) is 0 Å². The summed E-state index contributed by atoms with van der Waals surface area (Å²) in [5.41, 5.74) is 4.48. The number of hydrogen-bond donors (Lipinski definition) is 0. The van der Waals surface area contributed by atoms with Crippen LogP contribution in [-0.2, 0) is 35.0 Å². The van der Waals surface area contributed by atoms with Crippen molar-refractivity contribution < 1.29 is 28.4 Å².